The average molecular weight is 406 g/mol. The van der Waals surface area contributed by atoms with Crippen molar-refractivity contribution in [3.63, 3.8) is 0 Å². The van der Waals surface area contributed by atoms with Crippen LogP contribution in [0.5, 0.6) is 11.5 Å². The molecule has 3 aromatic carbocycles. The zero-order chi connectivity index (χ0) is 19.2. The average Bonchev–Trinajstić information content (AvgIpc) is 2.68. The number of methoxy groups -OCH3 is 1. The van der Waals surface area contributed by atoms with Crippen LogP contribution in [0.1, 0.15) is 11.1 Å². The van der Waals surface area contributed by atoms with E-state index in [0.717, 1.165) is 16.8 Å². The minimum absolute atomic E-state index is 0.271. The summed E-state index contributed by atoms with van der Waals surface area (Å²) in [5.41, 5.74) is 2.63. The van der Waals surface area contributed by atoms with E-state index >= 15 is 0 Å². The first kappa shape index (κ1) is 19.3. The lowest BCUT2D eigenvalue weighted by Gasteiger charge is -2.16. The fourth-order valence-corrected chi connectivity index (χ4v) is 2.90. The SMILES string of the molecule is COc1cccc(CNc2ccc(F)cc2)c1OCc1ccc(Cl)c(Cl)c1. The second-order valence-corrected chi connectivity index (χ2v) is 6.66. The van der Waals surface area contributed by atoms with Gasteiger partial charge in [-0.2, -0.15) is 0 Å². The molecule has 3 rings (SSSR count). The number of para-hydroxylation sites is 1. The minimum atomic E-state index is -0.271. The van der Waals surface area contributed by atoms with Crippen molar-refractivity contribution in [3.05, 3.63) is 87.7 Å². The first-order valence-electron chi connectivity index (χ1n) is 8.29. The van der Waals surface area contributed by atoms with E-state index in [1.54, 1.807) is 31.4 Å². The summed E-state index contributed by atoms with van der Waals surface area (Å²) in [6.45, 7) is 0.820. The van der Waals surface area contributed by atoms with E-state index in [4.69, 9.17) is 32.7 Å². The molecule has 0 aliphatic carbocycles. The largest absolute Gasteiger partial charge is 0.493 e. The van der Waals surface area contributed by atoms with Gasteiger partial charge in [-0.05, 0) is 48.0 Å². The van der Waals surface area contributed by atoms with Crippen molar-refractivity contribution in [2.24, 2.45) is 0 Å². The van der Waals surface area contributed by atoms with Crippen LogP contribution in [-0.4, -0.2) is 7.11 Å². The molecule has 27 heavy (non-hydrogen) atoms. The lowest BCUT2D eigenvalue weighted by molar-refractivity contribution is 0.281. The Morgan fingerprint density at radius 2 is 1.74 bits per heavy atom. The third-order valence-electron chi connectivity index (χ3n) is 3.97. The summed E-state index contributed by atoms with van der Waals surface area (Å²) >= 11 is 12.0. The first-order chi connectivity index (χ1) is 13.1. The van der Waals surface area contributed by atoms with Gasteiger partial charge in [0.1, 0.15) is 12.4 Å². The molecule has 1 N–H and O–H groups in total. The molecule has 0 fully saturated rings. The summed E-state index contributed by atoms with van der Waals surface area (Å²) < 4.78 is 24.5. The number of hydrogen-bond acceptors (Lipinski definition) is 3. The van der Waals surface area contributed by atoms with Gasteiger partial charge in [0.2, 0.25) is 0 Å². The Bertz CT molecular complexity index is 917. The Morgan fingerprint density at radius 1 is 0.963 bits per heavy atom. The zero-order valence-electron chi connectivity index (χ0n) is 14.6. The Balaban J connectivity index is 1.76. The molecule has 3 nitrogen and oxygen atoms in total. The lowest BCUT2D eigenvalue weighted by Crippen LogP contribution is -2.05. The Kier molecular flexibility index (Phi) is 6.43. The van der Waals surface area contributed by atoms with Gasteiger partial charge in [-0.25, -0.2) is 4.39 Å². The molecule has 0 aromatic heterocycles. The van der Waals surface area contributed by atoms with Crippen molar-refractivity contribution in [2.45, 2.75) is 13.2 Å². The van der Waals surface area contributed by atoms with E-state index in [-0.39, 0.29) is 5.82 Å². The number of ether oxygens (including phenoxy) is 2. The number of hydrogen-bond donors (Lipinski definition) is 1. The molecule has 0 saturated carbocycles. The van der Waals surface area contributed by atoms with Crippen LogP contribution in [0.3, 0.4) is 0 Å². The molecule has 0 spiro atoms. The maximum absolute atomic E-state index is 13.0. The van der Waals surface area contributed by atoms with E-state index < -0.39 is 0 Å². The van der Waals surface area contributed by atoms with Crippen LogP contribution in [-0.2, 0) is 13.2 Å². The van der Waals surface area contributed by atoms with E-state index in [2.05, 4.69) is 5.32 Å². The summed E-state index contributed by atoms with van der Waals surface area (Å²) in [6.07, 6.45) is 0. The second kappa shape index (κ2) is 8.98. The van der Waals surface area contributed by atoms with Crippen molar-refractivity contribution in [3.8, 4) is 11.5 Å². The van der Waals surface area contributed by atoms with Crippen molar-refractivity contribution >= 4 is 28.9 Å². The number of halogens is 3. The highest BCUT2D eigenvalue weighted by Gasteiger charge is 2.11. The lowest BCUT2D eigenvalue weighted by atomic mass is 10.1. The molecule has 0 atom stereocenters. The van der Waals surface area contributed by atoms with E-state index in [1.807, 2.05) is 24.3 Å². The highest BCUT2D eigenvalue weighted by Crippen LogP contribution is 2.33. The molecule has 6 heteroatoms. The van der Waals surface area contributed by atoms with Crippen molar-refractivity contribution in [1.29, 1.82) is 0 Å². The molecule has 0 saturated heterocycles. The standard InChI is InChI=1S/C21H18Cl2FNO2/c1-26-20-4-2-3-15(12-25-17-8-6-16(24)7-9-17)21(20)27-13-14-5-10-18(22)19(23)11-14/h2-11,25H,12-13H2,1H3. The van der Waals surface area contributed by atoms with Gasteiger partial charge in [0.15, 0.2) is 11.5 Å². The van der Waals surface area contributed by atoms with Crippen molar-refractivity contribution in [1.82, 2.24) is 0 Å². The van der Waals surface area contributed by atoms with Gasteiger partial charge in [0.25, 0.3) is 0 Å². The van der Waals surface area contributed by atoms with Crippen molar-refractivity contribution < 1.29 is 13.9 Å². The third kappa shape index (κ3) is 5.06. The normalized spacial score (nSPS) is 10.5. The monoisotopic (exact) mass is 405 g/mol. The summed E-state index contributed by atoms with van der Waals surface area (Å²) in [7, 11) is 1.60. The van der Waals surface area contributed by atoms with Gasteiger partial charge in [-0.1, -0.05) is 41.4 Å². The molecule has 0 amide bonds. The first-order valence-corrected chi connectivity index (χ1v) is 9.04. The Labute approximate surface area is 167 Å². The van der Waals surface area contributed by atoms with Gasteiger partial charge >= 0.3 is 0 Å². The van der Waals surface area contributed by atoms with E-state index in [0.29, 0.717) is 34.7 Å². The fraction of sp³-hybridized carbons (Fsp3) is 0.143. The van der Waals surface area contributed by atoms with Gasteiger partial charge in [0, 0.05) is 17.8 Å². The number of anilines is 1. The Morgan fingerprint density at radius 3 is 2.44 bits per heavy atom. The maximum atomic E-state index is 13.0. The molecule has 0 radical (unpaired) electrons. The van der Waals surface area contributed by atoms with Crippen LogP contribution in [0.4, 0.5) is 10.1 Å². The van der Waals surface area contributed by atoms with Crippen LogP contribution >= 0.6 is 23.2 Å². The molecule has 0 aliphatic rings. The fourth-order valence-electron chi connectivity index (χ4n) is 2.57. The maximum Gasteiger partial charge on any atom is 0.166 e. The second-order valence-electron chi connectivity index (χ2n) is 5.85. The number of benzene rings is 3. The summed E-state index contributed by atoms with van der Waals surface area (Å²) in [6, 6.07) is 17.3. The number of nitrogens with one attached hydrogen (secondary N) is 1. The minimum Gasteiger partial charge on any atom is -0.493 e. The van der Waals surface area contributed by atoms with E-state index in [1.165, 1.54) is 12.1 Å². The topological polar surface area (TPSA) is 30.5 Å². The molecular formula is C21H18Cl2FNO2. The summed E-state index contributed by atoms with van der Waals surface area (Å²) in [4.78, 5) is 0. The molecule has 0 aliphatic heterocycles. The quantitative estimate of drug-likeness (QED) is 0.497. The van der Waals surface area contributed by atoms with Crippen LogP contribution < -0.4 is 14.8 Å². The molecule has 3 aromatic rings. The predicted molar refractivity (Wildman–Crippen MR) is 108 cm³/mol. The molecule has 0 unspecified atom stereocenters. The van der Waals surface area contributed by atoms with Gasteiger partial charge in [-0.15, -0.1) is 0 Å². The van der Waals surface area contributed by atoms with Crippen molar-refractivity contribution in [2.75, 3.05) is 12.4 Å². The molecule has 0 heterocycles. The number of rotatable bonds is 7. The molecule has 140 valence electrons. The summed E-state index contributed by atoms with van der Waals surface area (Å²) in [5.74, 6) is 1.00. The third-order valence-corrected chi connectivity index (χ3v) is 4.71. The Hall–Kier alpha value is -2.43. The van der Waals surface area contributed by atoms with Crippen LogP contribution in [0.15, 0.2) is 60.7 Å². The van der Waals surface area contributed by atoms with Gasteiger partial charge in [-0.3, -0.25) is 0 Å². The van der Waals surface area contributed by atoms with E-state index in [9.17, 15) is 4.39 Å². The van der Waals surface area contributed by atoms with Gasteiger partial charge < -0.3 is 14.8 Å². The van der Waals surface area contributed by atoms with Gasteiger partial charge in [0.05, 0.1) is 17.2 Å². The highest BCUT2D eigenvalue weighted by molar-refractivity contribution is 6.42. The zero-order valence-corrected chi connectivity index (χ0v) is 16.1. The smallest absolute Gasteiger partial charge is 0.166 e. The predicted octanol–water partition coefficient (Wildman–Crippen LogP) is 6.33. The van der Waals surface area contributed by atoms with Crippen LogP contribution in [0.2, 0.25) is 10.0 Å². The van der Waals surface area contributed by atoms with Crippen LogP contribution in [0.25, 0.3) is 0 Å². The summed E-state index contributed by atoms with van der Waals surface area (Å²) in [5, 5.41) is 4.24. The molecular weight excluding hydrogens is 388 g/mol. The highest BCUT2D eigenvalue weighted by atomic mass is 35.5. The van der Waals surface area contributed by atoms with Crippen LogP contribution in [0, 0.1) is 5.82 Å². The molecule has 0 bridgehead atoms.